The molecule has 0 saturated carbocycles. The van der Waals surface area contributed by atoms with Crippen LogP contribution in [-0.2, 0) is 0 Å². The van der Waals surface area contributed by atoms with E-state index < -0.39 is 0 Å². The highest BCUT2D eigenvalue weighted by Gasteiger charge is 2.00. The molecule has 1 N–H and O–H groups in total. The van der Waals surface area contributed by atoms with Crippen LogP contribution in [-0.4, -0.2) is 14.1 Å². The van der Waals surface area contributed by atoms with Gasteiger partial charge in [-0.1, -0.05) is 65.0 Å². The van der Waals surface area contributed by atoms with Crippen LogP contribution in [0.1, 0.15) is 11.1 Å². The molecule has 0 spiro atoms. The minimum atomic E-state index is 1.06. The Balaban J connectivity index is 0.000000492. The van der Waals surface area contributed by atoms with Crippen molar-refractivity contribution in [3.05, 3.63) is 76.8 Å². The van der Waals surface area contributed by atoms with Gasteiger partial charge in [0.2, 0.25) is 0 Å². The van der Waals surface area contributed by atoms with Crippen molar-refractivity contribution in [1.82, 2.24) is 5.32 Å². The van der Waals surface area contributed by atoms with Crippen LogP contribution < -0.4 is 5.32 Å². The Morgan fingerprint density at radius 1 is 0.889 bits per heavy atom. The molecule has 1 nitrogen and oxygen atoms in total. The molecule has 0 unspecified atom stereocenters. The van der Waals surface area contributed by atoms with Gasteiger partial charge in [0.25, 0.3) is 0 Å². The van der Waals surface area contributed by atoms with E-state index in [1.807, 2.05) is 44.4 Å². The van der Waals surface area contributed by atoms with Crippen molar-refractivity contribution in [3.8, 4) is 0 Å². The van der Waals surface area contributed by atoms with Gasteiger partial charge < -0.3 is 5.32 Å². The normalized spacial score (nSPS) is 9.28. The number of rotatable bonds is 2. The molecule has 2 aromatic rings. The van der Waals surface area contributed by atoms with Gasteiger partial charge in [0, 0.05) is 4.47 Å². The first kappa shape index (κ1) is 14.7. The van der Waals surface area contributed by atoms with Crippen molar-refractivity contribution in [2.24, 2.45) is 0 Å². The Hall–Kier alpha value is -1.38. The molecule has 2 rings (SSSR count). The third kappa shape index (κ3) is 4.47. The molecule has 0 bridgehead atoms. The first-order chi connectivity index (χ1) is 8.69. The van der Waals surface area contributed by atoms with Gasteiger partial charge in [-0.05, 0) is 42.9 Å². The lowest BCUT2D eigenvalue weighted by Crippen LogP contribution is -1.89. The van der Waals surface area contributed by atoms with Crippen LogP contribution in [0.15, 0.2) is 65.6 Å². The van der Waals surface area contributed by atoms with Crippen LogP contribution in [0.25, 0.3) is 5.57 Å². The Morgan fingerprint density at radius 2 is 1.33 bits per heavy atom. The summed E-state index contributed by atoms with van der Waals surface area (Å²) in [6, 6.07) is 18.4. The lowest BCUT2D eigenvalue weighted by Gasteiger charge is -2.05. The number of hydrogen-bond donors (Lipinski definition) is 1. The first-order valence-electron chi connectivity index (χ1n) is 5.77. The second kappa shape index (κ2) is 7.85. The quantitative estimate of drug-likeness (QED) is 0.870. The molecule has 0 fully saturated rings. The maximum absolute atomic E-state index is 4.11. The minimum absolute atomic E-state index is 1.06. The van der Waals surface area contributed by atoms with Crippen molar-refractivity contribution in [2.45, 2.75) is 0 Å². The largest absolute Gasteiger partial charge is 0.323 e. The van der Waals surface area contributed by atoms with Crippen LogP contribution in [0.2, 0.25) is 0 Å². The molecular weight excluding hydrogens is 286 g/mol. The summed E-state index contributed by atoms with van der Waals surface area (Å²) in [5, 5.41) is 2.75. The molecule has 0 radical (unpaired) electrons. The van der Waals surface area contributed by atoms with Gasteiger partial charge in [-0.15, -0.1) is 0 Å². The molecule has 94 valence electrons. The van der Waals surface area contributed by atoms with E-state index in [9.17, 15) is 0 Å². The molecule has 0 saturated heterocycles. The van der Waals surface area contributed by atoms with Gasteiger partial charge in [0.05, 0.1) is 0 Å². The highest BCUT2D eigenvalue weighted by atomic mass is 79.9. The third-order valence-corrected chi connectivity index (χ3v) is 2.84. The summed E-state index contributed by atoms with van der Waals surface area (Å²) < 4.78 is 1.09. The second-order valence-corrected chi connectivity index (χ2v) is 4.77. The zero-order valence-electron chi connectivity index (χ0n) is 10.8. The molecule has 0 aromatic heterocycles. The zero-order chi connectivity index (χ0) is 13.4. The van der Waals surface area contributed by atoms with Crippen LogP contribution >= 0.6 is 15.9 Å². The van der Waals surface area contributed by atoms with Gasteiger partial charge in [0.1, 0.15) is 0 Å². The molecule has 2 heteroatoms. The van der Waals surface area contributed by atoms with Crippen LogP contribution in [0.5, 0.6) is 0 Å². The SMILES string of the molecule is C=C(c1ccccc1)c1ccc(Br)cc1.CNC. The first-order valence-corrected chi connectivity index (χ1v) is 6.57. The van der Waals surface area contributed by atoms with E-state index in [2.05, 4.69) is 52.1 Å². The van der Waals surface area contributed by atoms with Crippen molar-refractivity contribution in [2.75, 3.05) is 14.1 Å². The van der Waals surface area contributed by atoms with E-state index in [1.165, 1.54) is 5.56 Å². The predicted molar refractivity (Wildman–Crippen MR) is 83.7 cm³/mol. The van der Waals surface area contributed by atoms with Crippen molar-refractivity contribution < 1.29 is 0 Å². The smallest absolute Gasteiger partial charge is 0.0175 e. The Kier molecular flexibility index (Phi) is 6.40. The molecule has 18 heavy (non-hydrogen) atoms. The van der Waals surface area contributed by atoms with Gasteiger partial charge in [-0.3, -0.25) is 0 Å². The summed E-state index contributed by atoms with van der Waals surface area (Å²) in [7, 11) is 3.75. The molecule has 0 heterocycles. The van der Waals surface area contributed by atoms with Crippen LogP contribution in [0.3, 0.4) is 0 Å². The summed E-state index contributed by atoms with van der Waals surface area (Å²) in [4.78, 5) is 0. The standard InChI is InChI=1S/C14H11Br.C2H7N/c1-11(12-5-3-2-4-6-12)13-7-9-14(15)10-8-13;1-3-2/h2-10H,1H2;3H,1-2H3. The zero-order valence-corrected chi connectivity index (χ0v) is 12.4. The molecule has 2 aromatic carbocycles. The molecular formula is C16H18BrN. The fourth-order valence-electron chi connectivity index (χ4n) is 1.46. The van der Waals surface area contributed by atoms with E-state index >= 15 is 0 Å². The molecule has 0 amide bonds. The van der Waals surface area contributed by atoms with E-state index in [4.69, 9.17) is 0 Å². The van der Waals surface area contributed by atoms with Crippen molar-refractivity contribution in [3.63, 3.8) is 0 Å². The topological polar surface area (TPSA) is 12.0 Å². The fourth-order valence-corrected chi connectivity index (χ4v) is 1.72. The highest BCUT2D eigenvalue weighted by Crippen LogP contribution is 2.22. The summed E-state index contributed by atoms with van der Waals surface area (Å²) in [6.45, 7) is 4.11. The number of hydrogen-bond acceptors (Lipinski definition) is 1. The van der Waals surface area contributed by atoms with E-state index in [-0.39, 0.29) is 0 Å². The lowest BCUT2D eigenvalue weighted by molar-refractivity contribution is 1.02. The Morgan fingerprint density at radius 3 is 1.83 bits per heavy atom. The van der Waals surface area contributed by atoms with Crippen LogP contribution in [0, 0.1) is 0 Å². The van der Waals surface area contributed by atoms with Gasteiger partial charge in [-0.2, -0.15) is 0 Å². The second-order valence-electron chi connectivity index (χ2n) is 3.85. The minimum Gasteiger partial charge on any atom is -0.323 e. The molecule has 0 aliphatic carbocycles. The molecule has 0 atom stereocenters. The summed E-state index contributed by atoms with van der Waals surface area (Å²) in [5.41, 5.74) is 3.38. The summed E-state index contributed by atoms with van der Waals surface area (Å²) >= 11 is 3.42. The number of halogens is 1. The maximum Gasteiger partial charge on any atom is 0.0175 e. The van der Waals surface area contributed by atoms with E-state index in [0.717, 1.165) is 15.6 Å². The molecule has 0 aliphatic heterocycles. The van der Waals surface area contributed by atoms with Gasteiger partial charge in [-0.25, -0.2) is 0 Å². The van der Waals surface area contributed by atoms with Crippen LogP contribution in [0.4, 0.5) is 0 Å². The van der Waals surface area contributed by atoms with Gasteiger partial charge >= 0.3 is 0 Å². The van der Waals surface area contributed by atoms with Crippen molar-refractivity contribution in [1.29, 1.82) is 0 Å². The average Bonchev–Trinajstić information content (AvgIpc) is 2.41. The van der Waals surface area contributed by atoms with E-state index in [0.29, 0.717) is 0 Å². The Bertz CT molecular complexity index is 474. The number of nitrogens with one attached hydrogen (secondary N) is 1. The summed E-state index contributed by atoms with van der Waals surface area (Å²) in [6.07, 6.45) is 0. The maximum atomic E-state index is 4.11. The van der Waals surface area contributed by atoms with E-state index in [1.54, 1.807) is 0 Å². The predicted octanol–water partition coefficient (Wildman–Crippen LogP) is 4.35. The average molecular weight is 304 g/mol. The number of benzene rings is 2. The monoisotopic (exact) mass is 303 g/mol. The third-order valence-electron chi connectivity index (χ3n) is 2.31. The highest BCUT2D eigenvalue weighted by molar-refractivity contribution is 9.10. The van der Waals surface area contributed by atoms with Crippen molar-refractivity contribution >= 4 is 21.5 Å². The lowest BCUT2D eigenvalue weighted by atomic mass is 10.00. The Labute approximate surface area is 118 Å². The fraction of sp³-hybridized carbons (Fsp3) is 0.125. The van der Waals surface area contributed by atoms with Gasteiger partial charge in [0.15, 0.2) is 0 Å². The summed E-state index contributed by atoms with van der Waals surface area (Å²) in [5.74, 6) is 0. The molecule has 0 aliphatic rings.